The van der Waals surface area contributed by atoms with E-state index in [0.29, 0.717) is 29.9 Å². The summed E-state index contributed by atoms with van der Waals surface area (Å²) >= 11 is 7.42. The number of hydrogen-bond donors (Lipinski definition) is 3. The van der Waals surface area contributed by atoms with Crippen LogP contribution in [0.3, 0.4) is 0 Å². The third kappa shape index (κ3) is 3.28. The Morgan fingerprint density at radius 2 is 2.00 bits per heavy atom. The molecule has 0 fully saturated rings. The molecule has 4 rings (SSSR count). The summed E-state index contributed by atoms with van der Waals surface area (Å²) < 4.78 is 35.1. The number of nitrogens with zero attached hydrogens (tertiary/aromatic N) is 3. The smallest absolute Gasteiger partial charge is 0.318 e. The van der Waals surface area contributed by atoms with Crippen LogP contribution in [0.5, 0.6) is 6.01 Å². The summed E-state index contributed by atoms with van der Waals surface area (Å²) in [5.74, 6) is -0.859. The number of ether oxygens (including phenoxy) is 1. The van der Waals surface area contributed by atoms with Crippen molar-refractivity contribution in [2.75, 3.05) is 31.2 Å². The summed E-state index contributed by atoms with van der Waals surface area (Å²) in [5.41, 5.74) is 11.9. The van der Waals surface area contributed by atoms with Gasteiger partial charge in [0.2, 0.25) is 0 Å². The van der Waals surface area contributed by atoms with Crippen LogP contribution in [-0.4, -0.2) is 35.2 Å². The quantitative estimate of drug-likeness (QED) is 0.436. The van der Waals surface area contributed by atoms with Crippen molar-refractivity contribution in [3.05, 3.63) is 34.9 Å². The van der Waals surface area contributed by atoms with E-state index >= 15 is 4.39 Å². The number of fused-ring (bicyclic) bond motifs is 2. The molecule has 0 saturated heterocycles. The topological polar surface area (TPSA) is 112 Å². The first-order valence-corrected chi connectivity index (χ1v) is 9.66. The number of hydrogen-bond acceptors (Lipinski definition) is 8. The van der Waals surface area contributed by atoms with E-state index in [9.17, 15) is 4.39 Å². The molecule has 0 saturated carbocycles. The number of methoxy groups -OCH3 is 1. The SMILES string of the molecule is COc1nc(NCCN)c2cc(Cl)c(-c3ccc(F)c4sc(N)nc34)c(F)c2n1. The van der Waals surface area contributed by atoms with Crippen molar-refractivity contribution in [2.45, 2.75) is 0 Å². The van der Waals surface area contributed by atoms with Crippen LogP contribution < -0.4 is 21.5 Å². The lowest BCUT2D eigenvalue weighted by molar-refractivity contribution is 0.382. The Morgan fingerprint density at radius 1 is 1.21 bits per heavy atom. The predicted molar refractivity (Wildman–Crippen MR) is 112 cm³/mol. The minimum atomic E-state index is -0.705. The predicted octanol–water partition coefficient (Wildman–Crippen LogP) is 3.80. The minimum Gasteiger partial charge on any atom is -0.467 e. The number of anilines is 2. The summed E-state index contributed by atoms with van der Waals surface area (Å²) in [5, 5.41) is 3.63. The van der Waals surface area contributed by atoms with Gasteiger partial charge in [0.05, 0.1) is 22.3 Å². The van der Waals surface area contributed by atoms with Gasteiger partial charge in [-0.15, -0.1) is 0 Å². The van der Waals surface area contributed by atoms with E-state index in [1.165, 1.54) is 19.2 Å². The standard InChI is InChI=1S/C18H15ClF2N6OS/c1-28-18-26-13-8(16(27-18)24-5-4-22)6-9(19)11(12(13)21)7-2-3-10(20)15-14(7)25-17(23)29-15/h2-3,6H,4-5,22H2,1H3,(H2,23,25)(H,24,26,27). The summed E-state index contributed by atoms with van der Waals surface area (Å²) in [7, 11) is 1.38. The third-order valence-electron chi connectivity index (χ3n) is 4.26. The van der Waals surface area contributed by atoms with Gasteiger partial charge in [-0.3, -0.25) is 0 Å². The fraction of sp³-hybridized carbons (Fsp3) is 0.167. The van der Waals surface area contributed by atoms with Gasteiger partial charge in [-0.2, -0.15) is 9.97 Å². The highest BCUT2D eigenvalue weighted by Crippen LogP contribution is 2.42. The molecule has 0 atom stereocenters. The molecular formula is C18H15ClF2N6OS. The molecule has 0 aliphatic carbocycles. The van der Waals surface area contributed by atoms with Crippen LogP contribution in [0.4, 0.5) is 19.7 Å². The van der Waals surface area contributed by atoms with E-state index in [-0.39, 0.29) is 37.5 Å². The molecular weight excluding hydrogens is 422 g/mol. The molecule has 2 aromatic heterocycles. The third-order valence-corrected chi connectivity index (χ3v) is 5.45. The van der Waals surface area contributed by atoms with Crippen LogP contribution in [-0.2, 0) is 0 Å². The number of halogens is 3. The Balaban J connectivity index is 2.03. The van der Waals surface area contributed by atoms with Crippen LogP contribution in [0, 0.1) is 11.6 Å². The lowest BCUT2D eigenvalue weighted by atomic mass is 10.0. The van der Waals surface area contributed by atoms with E-state index in [1.807, 2.05) is 0 Å². The van der Waals surface area contributed by atoms with Crippen molar-refractivity contribution in [3.8, 4) is 17.1 Å². The molecule has 29 heavy (non-hydrogen) atoms. The highest BCUT2D eigenvalue weighted by atomic mass is 35.5. The average Bonchev–Trinajstić information content (AvgIpc) is 3.10. The zero-order valence-electron chi connectivity index (χ0n) is 15.1. The van der Waals surface area contributed by atoms with Crippen LogP contribution >= 0.6 is 22.9 Å². The van der Waals surface area contributed by atoms with E-state index < -0.39 is 11.6 Å². The molecule has 0 aliphatic heterocycles. The van der Waals surface area contributed by atoms with Gasteiger partial charge in [0, 0.05) is 29.6 Å². The molecule has 5 N–H and O–H groups in total. The number of aromatic nitrogens is 3. The van der Waals surface area contributed by atoms with E-state index in [0.717, 1.165) is 11.3 Å². The van der Waals surface area contributed by atoms with Crippen molar-refractivity contribution < 1.29 is 13.5 Å². The molecule has 2 aromatic carbocycles. The molecule has 11 heteroatoms. The zero-order chi connectivity index (χ0) is 20.7. The van der Waals surface area contributed by atoms with Gasteiger partial charge < -0.3 is 21.5 Å². The summed E-state index contributed by atoms with van der Waals surface area (Å²) in [6, 6.07) is 4.16. The maximum atomic E-state index is 15.6. The van der Waals surface area contributed by atoms with Gasteiger partial charge in [-0.05, 0) is 18.2 Å². The van der Waals surface area contributed by atoms with Crippen molar-refractivity contribution in [2.24, 2.45) is 5.73 Å². The number of nitrogens with one attached hydrogen (secondary N) is 1. The second-order valence-electron chi connectivity index (χ2n) is 6.04. The van der Waals surface area contributed by atoms with Gasteiger partial charge in [0.25, 0.3) is 0 Å². The van der Waals surface area contributed by atoms with Gasteiger partial charge in [0.1, 0.15) is 17.2 Å². The molecule has 7 nitrogen and oxygen atoms in total. The Hall–Kier alpha value is -2.82. The van der Waals surface area contributed by atoms with Gasteiger partial charge in [-0.1, -0.05) is 22.9 Å². The van der Waals surface area contributed by atoms with Crippen molar-refractivity contribution in [3.63, 3.8) is 0 Å². The molecule has 0 radical (unpaired) electrons. The van der Waals surface area contributed by atoms with Gasteiger partial charge in [0.15, 0.2) is 10.9 Å². The summed E-state index contributed by atoms with van der Waals surface area (Å²) in [6.07, 6.45) is 0. The molecule has 0 spiro atoms. The monoisotopic (exact) mass is 436 g/mol. The summed E-state index contributed by atoms with van der Waals surface area (Å²) in [4.78, 5) is 12.5. The highest BCUT2D eigenvalue weighted by Gasteiger charge is 2.23. The Labute approximate surface area is 172 Å². The molecule has 0 aliphatic rings. The number of nitrogens with two attached hydrogens (primary N) is 2. The van der Waals surface area contributed by atoms with Crippen LogP contribution in [0.2, 0.25) is 5.02 Å². The Morgan fingerprint density at radius 3 is 2.72 bits per heavy atom. The van der Waals surface area contributed by atoms with E-state index in [1.54, 1.807) is 6.07 Å². The largest absolute Gasteiger partial charge is 0.467 e. The maximum Gasteiger partial charge on any atom is 0.318 e. The molecule has 0 bridgehead atoms. The average molecular weight is 437 g/mol. The van der Waals surface area contributed by atoms with E-state index in [2.05, 4.69) is 20.3 Å². The van der Waals surface area contributed by atoms with Crippen molar-refractivity contribution in [1.29, 1.82) is 0 Å². The number of nitrogen functional groups attached to an aromatic ring is 1. The number of thiazole rings is 1. The Kier molecular flexibility index (Phi) is 5.07. The summed E-state index contributed by atoms with van der Waals surface area (Å²) in [6.45, 7) is 0.758. The van der Waals surface area contributed by atoms with E-state index in [4.69, 9.17) is 27.8 Å². The normalized spacial score (nSPS) is 11.3. The number of benzene rings is 2. The maximum absolute atomic E-state index is 15.6. The lowest BCUT2D eigenvalue weighted by Crippen LogP contribution is -2.14. The lowest BCUT2D eigenvalue weighted by Gasteiger charge is -2.14. The second-order valence-corrected chi connectivity index (χ2v) is 7.48. The van der Waals surface area contributed by atoms with Crippen LogP contribution in [0.1, 0.15) is 0 Å². The molecule has 150 valence electrons. The Bertz CT molecular complexity index is 1250. The zero-order valence-corrected chi connectivity index (χ0v) is 16.7. The molecule has 2 heterocycles. The van der Waals surface area contributed by atoms with Crippen LogP contribution in [0.15, 0.2) is 18.2 Å². The molecule has 0 amide bonds. The number of rotatable bonds is 5. The van der Waals surface area contributed by atoms with Crippen LogP contribution in [0.25, 0.3) is 32.2 Å². The fourth-order valence-corrected chi connectivity index (χ4v) is 4.09. The molecule has 4 aromatic rings. The van der Waals surface area contributed by atoms with Crippen molar-refractivity contribution >= 4 is 55.0 Å². The minimum absolute atomic E-state index is 0.00329. The second kappa shape index (κ2) is 7.54. The fourth-order valence-electron chi connectivity index (χ4n) is 3.03. The first-order chi connectivity index (χ1) is 13.9. The first kappa shape index (κ1) is 19.5. The van der Waals surface area contributed by atoms with Gasteiger partial charge in [-0.25, -0.2) is 13.8 Å². The highest BCUT2D eigenvalue weighted by molar-refractivity contribution is 7.22. The van der Waals surface area contributed by atoms with Crippen molar-refractivity contribution in [1.82, 2.24) is 15.0 Å². The first-order valence-electron chi connectivity index (χ1n) is 8.47. The molecule has 0 unspecified atom stereocenters. The van der Waals surface area contributed by atoms with Gasteiger partial charge >= 0.3 is 6.01 Å².